The van der Waals surface area contributed by atoms with Gasteiger partial charge in [0.1, 0.15) is 0 Å². The Morgan fingerprint density at radius 3 is 2.47 bits per heavy atom. The van der Waals surface area contributed by atoms with Crippen LogP contribution in [-0.4, -0.2) is 35.1 Å². The lowest BCUT2D eigenvalue weighted by Gasteiger charge is -2.36. The third-order valence-corrected chi connectivity index (χ3v) is 4.52. The molecule has 3 aliphatic rings. The van der Waals surface area contributed by atoms with Gasteiger partial charge in [-0.3, -0.25) is 9.69 Å². The fourth-order valence-corrected chi connectivity index (χ4v) is 3.54. The van der Waals surface area contributed by atoms with Crippen molar-refractivity contribution in [3.63, 3.8) is 0 Å². The zero-order valence-electron chi connectivity index (χ0n) is 9.06. The van der Waals surface area contributed by atoms with Crippen LogP contribution >= 0.6 is 0 Å². The highest BCUT2D eigenvalue weighted by Gasteiger charge is 2.48. The third kappa shape index (κ3) is 1.67. The molecule has 4 unspecified atom stereocenters. The van der Waals surface area contributed by atoms with Gasteiger partial charge in [-0.1, -0.05) is 12.8 Å². The first-order valence-corrected chi connectivity index (χ1v) is 6.22. The first-order valence-electron chi connectivity index (χ1n) is 6.22. The Balaban J connectivity index is 1.68. The van der Waals surface area contributed by atoms with Crippen LogP contribution < -0.4 is 0 Å². The van der Waals surface area contributed by atoms with E-state index in [1.54, 1.807) is 0 Å². The average Bonchev–Trinajstić information content (AvgIpc) is 2.86. The van der Waals surface area contributed by atoms with Crippen LogP contribution in [0.3, 0.4) is 0 Å². The van der Waals surface area contributed by atoms with E-state index in [1.165, 1.54) is 25.9 Å². The second-order valence-corrected chi connectivity index (χ2v) is 5.51. The standard InChI is InChI=1S/C12H19NO2/c14-12(15)10-3-1-2-4-11(10)13-6-8-5-9(8)7-13/h8-11H,1-7H2,(H,14,15). The number of rotatable bonds is 2. The van der Waals surface area contributed by atoms with Gasteiger partial charge in [0.2, 0.25) is 0 Å². The van der Waals surface area contributed by atoms with Gasteiger partial charge in [-0.05, 0) is 31.1 Å². The van der Waals surface area contributed by atoms with Crippen LogP contribution in [0.1, 0.15) is 32.1 Å². The van der Waals surface area contributed by atoms with Gasteiger partial charge in [0, 0.05) is 19.1 Å². The molecule has 3 heteroatoms. The van der Waals surface area contributed by atoms with Gasteiger partial charge in [0.05, 0.1) is 5.92 Å². The summed E-state index contributed by atoms with van der Waals surface area (Å²) >= 11 is 0. The fraction of sp³-hybridized carbons (Fsp3) is 0.917. The molecule has 3 rings (SSSR count). The zero-order valence-corrected chi connectivity index (χ0v) is 9.06. The van der Waals surface area contributed by atoms with Crippen molar-refractivity contribution in [2.45, 2.75) is 38.1 Å². The van der Waals surface area contributed by atoms with Crippen LogP contribution in [0.15, 0.2) is 0 Å². The second kappa shape index (κ2) is 3.48. The summed E-state index contributed by atoms with van der Waals surface area (Å²) in [5, 5.41) is 9.22. The number of nitrogens with zero attached hydrogens (tertiary/aromatic N) is 1. The quantitative estimate of drug-likeness (QED) is 0.750. The number of fused-ring (bicyclic) bond motifs is 1. The number of hydrogen-bond donors (Lipinski definition) is 1. The molecule has 15 heavy (non-hydrogen) atoms. The van der Waals surface area contributed by atoms with E-state index in [0.29, 0.717) is 6.04 Å². The summed E-state index contributed by atoms with van der Waals surface area (Å²) in [6, 6.07) is 0.351. The minimum Gasteiger partial charge on any atom is -0.481 e. The van der Waals surface area contributed by atoms with Crippen LogP contribution in [0.25, 0.3) is 0 Å². The number of piperidine rings is 1. The number of carboxylic acid groups (broad SMARTS) is 1. The first kappa shape index (κ1) is 9.64. The Morgan fingerprint density at radius 2 is 1.80 bits per heavy atom. The Kier molecular flexibility index (Phi) is 2.23. The molecule has 84 valence electrons. The minimum absolute atomic E-state index is 0.0868. The zero-order chi connectivity index (χ0) is 10.4. The van der Waals surface area contributed by atoms with Gasteiger partial charge in [-0.15, -0.1) is 0 Å². The maximum Gasteiger partial charge on any atom is 0.308 e. The Hall–Kier alpha value is -0.570. The molecule has 1 heterocycles. The van der Waals surface area contributed by atoms with E-state index in [2.05, 4.69) is 4.90 Å². The molecule has 0 radical (unpaired) electrons. The second-order valence-electron chi connectivity index (χ2n) is 5.51. The molecule has 0 amide bonds. The number of aliphatic carboxylic acids is 1. The average molecular weight is 209 g/mol. The van der Waals surface area contributed by atoms with Gasteiger partial charge < -0.3 is 5.11 Å². The molecule has 1 saturated heterocycles. The maximum atomic E-state index is 11.2. The van der Waals surface area contributed by atoms with Crippen molar-refractivity contribution in [2.75, 3.05) is 13.1 Å². The Bertz CT molecular complexity index is 269. The molecular formula is C12H19NO2. The topological polar surface area (TPSA) is 40.5 Å². The summed E-state index contributed by atoms with van der Waals surface area (Å²) in [5.74, 6) is 1.18. The summed E-state index contributed by atoms with van der Waals surface area (Å²) in [4.78, 5) is 13.7. The van der Waals surface area contributed by atoms with Gasteiger partial charge in [-0.25, -0.2) is 0 Å². The molecule has 0 bridgehead atoms. The smallest absolute Gasteiger partial charge is 0.308 e. The number of carbonyl (C=O) groups is 1. The van der Waals surface area contributed by atoms with Gasteiger partial charge in [-0.2, -0.15) is 0 Å². The van der Waals surface area contributed by atoms with E-state index in [-0.39, 0.29) is 5.92 Å². The van der Waals surface area contributed by atoms with E-state index >= 15 is 0 Å². The van der Waals surface area contributed by atoms with Crippen molar-refractivity contribution in [2.24, 2.45) is 17.8 Å². The highest BCUT2D eigenvalue weighted by atomic mass is 16.4. The predicted octanol–water partition coefficient (Wildman–Crippen LogP) is 1.58. The first-order chi connectivity index (χ1) is 7.25. The van der Waals surface area contributed by atoms with Gasteiger partial charge in [0.15, 0.2) is 0 Å². The molecule has 0 aromatic carbocycles. The van der Waals surface area contributed by atoms with Crippen LogP contribution in [-0.2, 0) is 4.79 Å². The highest BCUT2D eigenvalue weighted by Crippen LogP contribution is 2.47. The third-order valence-electron chi connectivity index (χ3n) is 4.52. The molecular weight excluding hydrogens is 190 g/mol. The number of likely N-dealkylation sites (tertiary alicyclic amines) is 1. The molecule has 2 saturated carbocycles. The molecule has 3 nitrogen and oxygen atoms in total. The predicted molar refractivity (Wildman–Crippen MR) is 56.6 cm³/mol. The van der Waals surface area contributed by atoms with E-state index in [4.69, 9.17) is 0 Å². The van der Waals surface area contributed by atoms with Gasteiger partial charge >= 0.3 is 5.97 Å². The Morgan fingerprint density at radius 1 is 1.13 bits per heavy atom. The normalized spacial score (nSPS) is 45.1. The largest absolute Gasteiger partial charge is 0.481 e. The van der Waals surface area contributed by atoms with Crippen molar-refractivity contribution < 1.29 is 9.90 Å². The summed E-state index contributed by atoms with van der Waals surface area (Å²) in [6.07, 6.45) is 5.73. The van der Waals surface area contributed by atoms with Gasteiger partial charge in [0.25, 0.3) is 0 Å². The lowest BCUT2D eigenvalue weighted by atomic mass is 9.83. The van der Waals surface area contributed by atoms with Crippen molar-refractivity contribution in [3.8, 4) is 0 Å². The highest BCUT2D eigenvalue weighted by molar-refractivity contribution is 5.71. The molecule has 4 atom stereocenters. The molecule has 0 spiro atoms. The van der Waals surface area contributed by atoms with E-state index in [1.807, 2.05) is 0 Å². The molecule has 2 aliphatic carbocycles. The van der Waals surface area contributed by atoms with Crippen molar-refractivity contribution in [3.05, 3.63) is 0 Å². The van der Waals surface area contributed by atoms with Crippen LogP contribution in [0.4, 0.5) is 0 Å². The monoisotopic (exact) mass is 209 g/mol. The number of hydrogen-bond acceptors (Lipinski definition) is 2. The van der Waals surface area contributed by atoms with Crippen molar-refractivity contribution >= 4 is 5.97 Å². The fourth-order valence-electron chi connectivity index (χ4n) is 3.54. The maximum absolute atomic E-state index is 11.2. The molecule has 1 N–H and O–H groups in total. The van der Waals surface area contributed by atoms with E-state index in [0.717, 1.165) is 31.1 Å². The summed E-state index contributed by atoms with van der Waals surface area (Å²) in [7, 11) is 0. The molecule has 1 aliphatic heterocycles. The molecule has 0 aromatic rings. The van der Waals surface area contributed by atoms with Crippen LogP contribution in [0.2, 0.25) is 0 Å². The van der Waals surface area contributed by atoms with Crippen molar-refractivity contribution in [1.82, 2.24) is 4.90 Å². The van der Waals surface area contributed by atoms with Crippen LogP contribution in [0.5, 0.6) is 0 Å². The molecule has 3 fully saturated rings. The number of carboxylic acids is 1. The van der Waals surface area contributed by atoms with Crippen molar-refractivity contribution in [1.29, 1.82) is 0 Å². The lowest BCUT2D eigenvalue weighted by Crippen LogP contribution is -2.45. The Labute approximate surface area is 90.5 Å². The van der Waals surface area contributed by atoms with E-state index in [9.17, 15) is 9.90 Å². The SMILES string of the molecule is O=C(O)C1CCCCC1N1CC2CC2C1. The summed E-state index contributed by atoms with van der Waals surface area (Å²) in [5.41, 5.74) is 0. The minimum atomic E-state index is -0.569. The molecule has 0 aromatic heterocycles. The van der Waals surface area contributed by atoms with E-state index < -0.39 is 5.97 Å². The lowest BCUT2D eigenvalue weighted by molar-refractivity contribution is -0.145. The summed E-state index contributed by atoms with van der Waals surface area (Å²) in [6.45, 7) is 2.36. The van der Waals surface area contributed by atoms with Crippen LogP contribution in [0, 0.1) is 17.8 Å². The summed E-state index contributed by atoms with van der Waals surface area (Å²) < 4.78 is 0.